The lowest BCUT2D eigenvalue weighted by Crippen LogP contribution is -2.53. The van der Waals surface area contributed by atoms with Gasteiger partial charge >= 0.3 is 0 Å². The van der Waals surface area contributed by atoms with Gasteiger partial charge in [-0.25, -0.2) is 18.9 Å². The van der Waals surface area contributed by atoms with Gasteiger partial charge in [-0.1, -0.05) is 19.3 Å². The molecule has 190 valence electrons. The lowest BCUT2D eigenvalue weighted by atomic mass is 9.88. The molecule has 1 amide bonds. The Kier molecular flexibility index (Phi) is 6.33. The first kappa shape index (κ1) is 24.5. The minimum Gasteiger partial charge on any atom is -0.368 e. The van der Waals surface area contributed by atoms with Crippen LogP contribution in [0.4, 0.5) is 5.69 Å². The number of piperidine rings is 1. The molecule has 3 aliphatic heterocycles. The molecule has 0 bridgehead atoms. The standard InChI is InChI=1S/C25H36N6O3S/c1-25(2,3)30-15-17-13-18(9-10-21(17)35(30,33)34)28-23-22-20(11-12-27-24(22)32)31(29-23)19-8-6-4-5-7-16(19)14-26/h9-10,13,16,19-20,22-23,28-29H,4-8,11-12,15H2,1-3H3,(H,27,32)/t16-,19-,20?,22?,23?/m1/s1. The number of hydrazine groups is 1. The van der Waals surface area contributed by atoms with Crippen LogP contribution in [-0.4, -0.2) is 54.0 Å². The number of sulfonamides is 1. The molecule has 1 saturated carbocycles. The minimum atomic E-state index is -3.52. The second-order valence-electron chi connectivity index (χ2n) is 11.3. The molecule has 3 N–H and O–H groups in total. The minimum absolute atomic E-state index is 0.0125. The molecular formula is C25H36N6O3S. The average molecular weight is 501 g/mol. The Morgan fingerprint density at radius 1 is 1.11 bits per heavy atom. The Balaban J connectivity index is 1.41. The van der Waals surface area contributed by atoms with E-state index in [2.05, 4.69) is 27.1 Å². The Bertz CT molecular complexity index is 1140. The van der Waals surface area contributed by atoms with Crippen LogP contribution < -0.4 is 16.1 Å². The summed E-state index contributed by atoms with van der Waals surface area (Å²) in [4.78, 5) is 13.3. The highest BCUT2D eigenvalue weighted by atomic mass is 32.2. The number of hydrogen-bond acceptors (Lipinski definition) is 7. The number of carbonyl (C=O) groups excluding carboxylic acids is 1. The first-order valence-corrected chi connectivity index (χ1v) is 14.2. The number of anilines is 1. The van der Waals surface area contributed by atoms with Crippen molar-refractivity contribution in [2.24, 2.45) is 11.8 Å². The fraction of sp³-hybridized carbons (Fsp3) is 0.680. The number of carbonyl (C=O) groups is 1. The van der Waals surface area contributed by atoms with Crippen molar-refractivity contribution in [3.8, 4) is 6.07 Å². The van der Waals surface area contributed by atoms with Crippen molar-refractivity contribution in [2.45, 2.75) is 94.5 Å². The van der Waals surface area contributed by atoms with Crippen molar-refractivity contribution in [3.05, 3.63) is 23.8 Å². The summed E-state index contributed by atoms with van der Waals surface area (Å²) in [6.45, 7) is 6.66. The molecule has 3 fully saturated rings. The van der Waals surface area contributed by atoms with Gasteiger partial charge in [-0.2, -0.15) is 9.57 Å². The number of rotatable bonds is 3. The summed E-state index contributed by atoms with van der Waals surface area (Å²) in [7, 11) is -3.52. The Morgan fingerprint density at radius 3 is 2.63 bits per heavy atom. The molecule has 3 unspecified atom stereocenters. The quantitative estimate of drug-likeness (QED) is 0.546. The summed E-state index contributed by atoms with van der Waals surface area (Å²) in [5, 5.41) is 18.6. The van der Waals surface area contributed by atoms with E-state index < -0.39 is 15.6 Å². The van der Waals surface area contributed by atoms with E-state index >= 15 is 0 Å². The summed E-state index contributed by atoms with van der Waals surface area (Å²) in [5.74, 6) is -0.337. The summed E-state index contributed by atoms with van der Waals surface area (Å²) >= 11 is 0. The largest absolute Gasteiger partial charge is 0.368 e. The van der Waals surface area contributed by atoms with Gasteiger partial charge in [0.15, 0.2) is 0 Å². The van der Waals surface area contributed by atoms with Crippen molar-refractivity contribution < 1.29 is 13.2 Å². The predicted octanol–water partition coefficient (Wildman–Crippen LogP) is 2.52. The van der Waals surface area contributed by atoms with Crippen LogP contribution in [0.15, 0.2) is 23.1 Å². The number of nitrogens with one attached hydrogen (secondary N) is 3. The number of nitrogens with zero attached hydrogens (tertiary/aromatic N) is 3. The van der Waals surface area contributed by atoms with Gasteiger partial charge in [0.1, 0.15) is 6.17 Å². The molecular weight excluding hydrogens is 464 g/mol. The van der Waals surface area contributed by atoms with Gasteiger partial charge in [0.2, 0.25) is 15.9 Å². The summed E-state index contributed by atoms with van der Waals surface area (Å²) in [6.07, 6.45) is 5.64. The zero-order valence-electron chi connectivity index (χ0n) is 20.8. The van der Waals surface area contributed by atoms with Crippen molar-refractivity contribution >= 4 is 21.6 Å². The van der Waals surface area contributed by atoms with Crippen LogP contribution in [0.3, 0.4) is 0 Å². The van der Waals surface area contributed by atoms with E-state index in [1.54, 1.807) is 12.1 Å². The SMILES string of the molecule is CC(C)(C)N1Cc2cc(NC3NN([C@@H]4CCCCC[C@@H]4C#N)C4CCNC(=O)C34)ccc2S1(=O)=O. The van der Waals surface area contributed by atoms with E-state index in [1.807, 2.05) is 26.8 Å². The maximum atomic E-state index is 13.0. The number of fused-ring (bicyclic) bond motifs is 2. The lowest BCUT2D eigenvalue weighted by Gasteiger charge is -2.36. The van der Waals surface area contributed by atoms with Crippen LogP contribution in [-0.2, 0) is 21.4 Å². The third kappa shape index (κ3) is 4.33. The number of benzene rings is 1. The normalized spacial score (nSPS) is 33.3. The van der Waals surface area contributed by atoms with E-state index in [1.165, 1.54) is 4.31 Å². The third-order valence-corrected chi connectivity index (χ3v) is 10.2. The Hall–Kier alpha value is -2.19. The zero-order valence-corrected chi connectivity index (χ0v) is 21.6. The fourth-order valence-corrected chi connectivity index (χ4v) is 8.22. The van der Waals surface area contributed by atoms with E-state index in [-0.39, 0.29) is 36.0 Å². The van der Waals surface area contributed by atoms with Crippen LogP contribution >= 0.6 is 0 Å². The molecule has 5 rings (SSSR count). The highest BCUT2D eigenvalue weighted by molar-refractivity contribution is 7.89. The van der Waals surface area contributed by atoms with Gasteiger partial charge in [-0.05, 0) is 63.8 Å². The van der Waals surface area contributed by atoms with Crippen LogP contribution in [0.5, 0.6) is 0 Å². The highest BCUT2D eigenvalue weighted by Crippen LogP contribution is 2.39. The monoisotopic (exact) mass is 500 g/mol. The van der Waals surface area contributed by atoms with Gasteiger partial charge < -0.3 is 10.6 Å². The van der Waals surface area contributed by atoms with Crippen molar-refractivity contribution in [1.29, 1.82) is 5.26 Å². The molecule has 9 nitrogen and oxygen atoms in total. The highest BCUT2D eigenvalue weighted by Gasteiger charge is 2.51. The summed E-state index contributed by atoms with van der Waals surface area (Å²) in [5.41, 5.74) is 4.60. The molecule has 10 heteroatoms. The molecule has 1 aliphatic carbocycles. The molecule has 0 spiro atoms. The lowest BCUT2D eigenvalue weighted by molar-refractivity contribution is -0.128. The van der Waals surface area contributed by atoms with Crippen LogP contribution in [0.25, 0.3) is 0 Å². The molecule has 1 aromatic rings. The maximum Gasteiger partial charge on any atom is 0.244 e. The fourth-order valence-electron chi connectivity index (χ4n) is 6.25. The van der Waals surface area contributed by atoms with Crippen LogP contribution in [0, 0.1) is 23.2 Å². The van der Waals surface area contributed by atoms with E-state index in [0.29, 0.717) is 18.0 Å². The molecule has 0 aromatic heterocycles. The second-order valence-corrected chi connectivity index (χ2v) is 13.1. The van der Waals surface area contributed by atoms with Crippen molar-refractivity contribution in [3.63, 3.8) is 0 Å². The van der Waals surface area contributed by atoms with Gasteiger partial charge in [0.05, 0.1) is 22.8 Å². The smallest absolute Gasteiger partial charge is 0.244 e. The number of amides is 1. The third-order valence-electron chi connectivity index (χ3n) is 7.98. The van der Waals surface area contributed by atoms with E-state index in [0.717, 1.165) is 49.8 Å². The average Bonchev–Trinajstić information content (AvgIpc) is 3.17. The topological polar surface area (TPSA) is 118 Å². The summed E-state index contributed by atoms with van der Waals surface area (Å²) < 4.78 is 27.6. The molecule has 1 aromatic carbocycles. The molecule has 4 aliphatic rings. The summed E-state index contributed by atoms with van der Waals surface area (Å²) in [6, 6.07) is 7.97. The predicted molar refractivity (Wildman–Crippen MR) is 132 cm³/mol. The maximum absolute atomic E-state index is 13.0. The molecule has 5 atom stereocenters. The first-order chi connectivity index (χ1) is 16.6. The van der Waals surface area contributed by atoms with Gasteiger partial charge in [0.25, 0.3) is 0 Å². The number of hydrogen-bond donors (Lipinski definition) is 3. The number of nitriles is 1. The second kappa shape index (κ2) is 9.04. The van der Waals surface area contributed by atoms with E-state index in [9.17, 15) is 18.5 Å². The van der Waals surface area contributed by atoms with Crippen LogP contribution in [0.1, 0.15) is 64.9 Å². The van der Waals surface area contributed by atoms with Crippen LogP contribution in [0.2, 0.25) is 0 Å². The Morgan fingerprint density at radius 2 is 1.89 bits per heavy atom. The van der Waals surface area contributed by atoms with E-state index in [4.69, 9.17) is 0 Å². The first-order valence-electron chi connectivity index (χ1n) is 12.8. The van der Waals surface area contributed by atoms with Crippen molar-refractivity contribution in [1.82, 2.24) is 20.1 Å². The van der Waals surface area contributed by atoms with Crippen molar-refractivity contribution in [2.75, 3.05) is 11.9 Å². The molecule has 0 radical (unpaired) electrons. The zero-order chi connectivity index (χ0) is 25.0. The van der Waals surface area contributed by atoms with Gasteiger partial charge in [0, 0.05) is 36.4 Å². The molecule has 3 heterocycles. The van der Waals surface area contributed by atoms with Gasteiger partial charge in [-0.3, -0.25) is 4.79 Å². The van der Waals surface area contributed by atoms with Gasteiger partial charge in [-0.15, -0.1) is 0 Å². The molecule has 2 saturated heterocycles. The Labute approximate surface area is 208 Å². The molecule has 35 heavy (non-hydrogen) atoms.